The van der Waals surface area contributed by atoms with E-state index in [9.17, 15) is 0 Å². The molecular formula is C12H18N4O. The van der Waals surface area contributed by atoms with E-state index in [1.165, 1.54) is 12.8 Å². The van der Waals surface area contributed by atoms with Gasteiger partial charge in [-0.15, -0.1) is 0 Å². The molecule has 2 rings (SSSR count). The lowest BCUT2D eigenvalue weighted by molar-refractivity contribution is 0.318. The molecule has 1 unspecified atom stereocenters. The van der Waals surface area contributed by atoms with Crippen molar-refractivity contribution in [1.82, 2.24) is 4.98 Å². The Labute approximate surface area is 101 Å². The molecule has 1 aromatic rings. The van der Waals surface area contributed by atoms with Gasteiger partial charge in [0.25, 0.3) is 0 Å². The van der Waals surface area contributed by atoms with Gasteiger partial charge in [-0.3, -0.25) is 4.98 Å². The maximum atomic E-state index is 8.64. The van der Waals surface area contributed by atoms with Crippen LogP contribution in [0.3, 0.4) is 0 Å². The summed E-state index contributed by atoms with van der Waals surface area (Å²) in [7, 11) is 0. The van der Waals surface area contributed by atoms with Crippen LogP contribution in [-0.4, -0.2) is 29.1 Å². The number of nitrogens with zero attached hydrogens (tertiary/aromatic N) is 3. The first kappa shape index (κ1) is 11.7. The number of oxime groups is 1. The van der Waals surface area contributed by atoms with Crippen LogP contribution in [0.4, 0.5) is 5.69 Å². The first-order chi connectivity index (χ1) is 8.20. The van der Waals surface area contributed by atoms with E-state index < -0.39 is 0 Å². The molecule has 5 heteroatoms. The van der Waals surface area contributed by atoms with Crippen LogP contribution >= 0.6 is 0 Å². The number of pyridine rings is 1. The number of aromatic nitrogens is 1. The Bertz CT molecular complexity index is 419. The third kappa shape index (κ3) is 2.67. The van der Waals surface area contributed by atoms with Crippen molar-refractivity contribution in [3.8, 4) is 0 Å². The molecule has 0 aliphatic carbocycles. The molecule has 1 aliphatic rings. The van der Waals surface area contributed by atoms with E-state index in [0.717, 1.165) is 18.8 Å². The quantitative estimate of drug-likeness (QED) is 0.351. The molecular weight excluding hydrogens is 216 g/mol. The molecule has 5 nitrogen and oxygen atoms in total. The number of anilines is 1. The van der Waals surface area contributed by atoms with Gasteiger partial charge < -0.3 is 15.8 Å². The van der Waals surface area contributed by atoms with Gasteiger partial charge >= 0.3 is 0 Å². The molecule has 0 saturated carbocycles. The van der Waals surface area contributed by atoms with Gasteiger partial charge in [0, 0.05) is 25.0 Å². The summed E-state index contributed by atoms with van der Waals surface area (Å²) < 4.78 is 0. The minimum atomic E-state index is 0.0527. The number of nitrogens with two attached hydrogens (primary N) is 1. The van der Waals surface area contributed by atoms with E-state index in [1.54, 1.807) is 6.20 Å². The van der Waals surface area contributed by atoms with Crippen molar-refractivity contribution in [1.29, 1.82) is 0 Å². The summed E-state index contributed by atoms with van der Waals surface area (Å²) in [6.45, 7) is 4.38. The van der Waals surface area contributed by atoms with Crippen molar-refractivity contribution < 1.29 is 5.21 Å². The fraction of sp³-hybridized carbons (Fsp3) is 0.500. The third-order valence-electron chi connectivity index (χ3n) is 3.14. The van der Waals surface area contributed by atoms with Gasteiger partial charge in [-0.25, -0.2) is 0 Å². The summed E-state index contributed by atoms with van der Waals surface area (Å²) >= 11 is 0. The largest absolute Gasteiger partial charge is 0.409 e. The van der Waals surface area contributed by atoms with E-state index in [4.69, 9.17) is 10.9 Å². The van der Waals surface area contributed by atoms with Crippen LogP contribution in [0.15, 0.2) is 23.5 Å². The summed E-state index contributed by atoms with van der Waals surface area (Å²) in [5.41, 5.74) is 7.15. The lowest BCUT2D eigenvalue weighted by Crippen LogP contribution is -2.34. The van der Waals surface area contributed by atoms with E-state index in [1.807, 2.05) is 12.1 Å². The fourth-order valence-corrected chi connectivity index (χ4v) is 2.23. The maximum Gasteiger partial charge on any atom is 0.188 e. The van der Waals surface area contributed by atoms with Crippen LogP contribution in [0.25, 0.3) is 0 Å². The zero-order chi connectivity index (χ0) is 12.3. The van der Waals surface area contributed by atoms with Crippen molar-refractivity contribution in [3.63, 3.8) is 0 Å². The molecule has 0 aromatic carbocycles. The van der Waals surface area contributed by atoms with E-state index in [-0.39, 0.29) is 5.84 Å². The highest BCUT2D eigenvalue weighted by Gasteiger charge is 2.17. The summed E-state index contributed by atoms with van der Waals surface area (Å²) in [6, 6.07) is 3.83. The van der Waals surface area contributed by atoms with Crippen molar-refractivity contribution in [2.75, 3.05) is 18.0 Å². The average molecular weight is 234 g/mol. The number of amidine groups is 1. The van der Waals surface area contributed by atoms with Crippen LogP contribution in [0.5, 0.6) is 0 Å². The van der Waals surface area contributed by atoms with Gasteiger partial charge in [-0.05, 0) is 30.9 Å². The van der Waals surface area contributed by atoms with Crippen molar-refractivity contribution in [2.45, 2.75) is 19.8 Å². The second-order valence-electron chi connectivity index (χ2n) is 4.58. The van der Waals surface area contributed by atoms with Crippen LogP contribution in [0, 0.1) is 5.92 Å². The molecule has 17 heavy (non-hydrogen) atoms. The monoisotopic (exact) mass is 234 g/mol. The highest BCUT2D eigenvalue weighted by molar-refractivity contribution is 5.95. The SMILES string of the molecule is CC1CCCN(c2ccnc(C(N)=NO)c2)C1. The molecule has 1 saturated heterocycles. The van der Waals surface area contributed by atoms with E-state index in [0.29, 0.717) is 11.6 Å². The summed E-state index contributed by atoms with van der Waals surface area (Å²) in [5, 5.41) is 11.6. The second kappa shape index (κ2) is 5.03. The molecule has 3 N–H and O–H groups in total. The number of piperidine rings is 1. The predicted octanol–water partition coefficient (Wildman–Crippen LogP) is 1.41. The Kier molecular flexibility index (Phi) is 3.46. The molecule has 0 radical (unpaired) electrons. The molecule has 1 aromatic heterocycles. The Morgan fingerprint density at radius 1 is 1.65 bits per heavy atom. The highest BCUT2D eigenvalue weighted by Crippen LogP contribution is 2.22. The number of hydrogen-bond donors (Lipinski definition) is 2. The van der Waals surface area contributed by atoms with Crippen LogP contribution in [0.1, 0.15) is 25.5 Å². The standard InChI is InChI=1S/C12H18N4O/c1-9-3-2-6-16(8-9)10-4-5-14-11(7-10)12(13)15-17/h4-5,7,9,17H,2-3,6,8H2,1H3,(H2,13,15). The predicted molar refractivity (Wildman–Crippen MR) is 67.4 cm³/mol. The summed E-state index contributed by atoms with van der Waals surface area (Å²) in [6.07, 6.45) is 4.19. The van der Waals surface area contributed by atoms with Gasteiger partial charge in [0.1, 0.15) is 5.69 Å². The topological polar surface area (TPSA) is 74.7 Å². The van der Waals surface area contributed by atoms with Gasteiger partial charge in [0.15, 0.2) is 5.84 Å². The molecule has 0 amide bonds. The van der Waals surface area contributed by atoms with Crippen molar-refractivity contribution in [3.05, 3.63) is 24.0 Å². The Balaban J connectivity index is 2.21. The van der Waals surface area contributed by atoms with Gasteiger partial charge in [-0.2, -0.15) is 0 Å². The first-order valence-corrected chi connectivity index (χ1v) is 5.89. The lowest BCUT2D eigenvalue weighted by Gasteiger charge is -2.32. The normalized spacial score (nSPS) is 21.6. The minimum Gasteiger partial charge on any atom is -0.409 e. The number of hydrogen-bond acceptors (Lipinski definition) is 4. The minimum absolute atomic E-state index is 0.0527. The fourth-order valence-electron chi connectivity index (χ4n) is 2.23. The summed E-state index contributed by atoms with van der Waals surface area (Å²) in [4.78, 5) is 6.40. The Hall–Kier alpha value is -1.78. The van der Waals surface area contributed by atoms with Crippen LogP contribution in [-0.2, 0) is 0 Å². The zero-order valence-corrected chi connectivity index (χ0v) is 10.0. The smallest absolute Gasteiger partial charge is 0.188 e. The summed E-state index contributed by atoms with van der Waals surface area (Å²) in [5.74, 6) is 0.765. The molecule has 0 spiro atoms. The van der Waals surface area contributed by atoms with E-state index in [2.05, 4.69) is 22.0 Å². The van der Waals surface area contributed by atoms with Crippen molar-refractivity contribution >= 4 is 11.5 Å². The molecule has 1 atom stereocenters. The van der Waals surface area contributed by atoms with Gasteiger partial charge in [-0.1, -0.05) is 12.1 Å². The molecule has 92 valence electrons. The number of rotatable bonds is 2. The van der Waals surface area contributed by atoms with E-state index >= 15 is 0 Å². The first-order valence-electron chi connectivity index (χ1n) is 5.89. The second-order valence-corrected chi connectivity index (χ2v) is 4.58. The van der Waals surface area contributed by atoms with Crippen LogP contribution in [0.2, 0.25) is 0 Å². The molecule has 1 aliphatic heterocycles. The molecule has 0 bridgehead atoms. The van der Waals surface area contributed by atoms with Gasteiger partial charge in [0.2, 0.25) is 0 Å². The zero-order valence-electron chi connectivity index (χ0n) is 10.0. The third-order valence-corrected chi connectivity index (χ3v) is 3.14. The highest BCUT2D eigenvalue weighted by atomic mass is 16.4. The molecule has 1 fully saturated rings. The van der Waals surface area contributed by atoms with Crippen LogP contribution < -0.4 is 10.6 Å². The average Bonchev–Trinajstić information content (AvgIpc) is 2.38. The maximum absolute atomic E-state index is 8.64. The molecule has 2 heterocycles. The Morgan fingerprint density at radius 2 is 2.47 bits per heavy atom. The Morgan fingerprint density at radius 3 is 3.18 bits per heavy atom. The van der Waals surface area contributed by atoms with Crippen molar-refractivity contribution in [2.24, 2.45) is 16.8 Å². The lowest BCUT2D eigenvalue weighted by atomic mass is 10.00. The van der Waals surface area contributed by atoms with Gasteiger partial charge in [0.05, 0.1) is 0 Å².